The number of amides is 1. The van der Waals surface area contributed by atoms with Gasteiger partial charge in [-0.25, -0.2) is 4.79 Å². The first kappa shape index (κ1) is 16.5. The van der Waals surface area contributed by atoms with Crippen LogP contribution >= 0.6 is 11.8 Å². The molecule has 0 heterocycles. The fourth-order valence-corrected chi connectivity index (χ4v) is 2.16. The van der Waals surface area contributed by atoms with Crippen LogP contribution in [0.3, 0.4) is 0 Å². The first-order valence-electron chi connectivity index (χ1n) is 6.17. The lowest BCUT2D eigenvalue weighted by atomic mass is 10.1. The Morgan fingerprint density at radius 2 is 1.90 bits per heavy atom. The molecule has 1 rings (SSSR count). The molecular weight excluding hydrogens is 278 g/mol. The van der Waals surface area contributed by atoms with Crippen LogP contribution in [0.15, 0.2) is 24.3 Å². The Balaban J connectivity index is 2.27. The van der Waals surface area contributed by atoms with Crippen molar-refractivity contribution in [2.24, 2.45) is 0 Å². The van der Waals surface area contributed by atoms with E-state index in [-0.39, 0.29) is 18.2 Å². The molecule has 0 aliphatic heterocycles. The van der Waals surface area contributed by atoms with E-state index in [0.29, 0.717) is 5.75 Å². The van der Waals surface area contributed by atoms with Gasteiger partial charge in [-0.15, -0.1) is 11.8 Å². The van der Waals surface area contributed by atoms with Crippen LogP contribution in [0.1, 0.15) is 18.1 Å². The molecule has 0 saturated carbocycles. The van der Waals surface area contributed by atoms with E-state index in [9.17, 15) is 14.7 Å². The van der Waals surface area contributed by atoms with Gasteiger partial charge in [0.05, 0.1) is 12.3 Å². The summed E-state index contributed by atoms with van der Waals surface area (Å²) in [6.07, 6.45) is 0. The van der Waals surface area contributed by atoms with Gasteiger partial charge in [0.25, 0.3) is 0 Å². The minimum atomic E-state index is -1.93. The molecule has 0 aromatic heterocycles. The van der Waals surface area contributed by atoms with Crippen molar-refractivity contribution in [3.8, 4) is 0 Å². The number of carboxylic acids is 1. The van der Waals surface area contributed by atoms with E-state index in [2.05, 4.69) is 5.32 Å². The molecule has 1 amide bonds. The van der Waals surface area contributed by atoms with Crippen LogP contribution < -0.4 is 5.32 Å². The van der Waals surface area contributed by atoms with Crippen molar-refractivity contribution in [2.45, 2.75) is 25.2 Å². The number of carbonyl (C=O) groups excluding carboxylic acids is 1. The highest BCUT2D eigenvalue weighted by Gasteiger charge is 2.30. The van der Waals surface area contributed by atoms with Crippen molar-refractivity contribution in [2.75, 3.05) is 12.3 Å². The molecule has 20 heavy (non-hydrogen) atoms. The number of aliphatic hydroxyl groups is 1. The number of carbonyl (C=O) groups is 2. The molecule has 0 saturated heterocycles. The Kier molecular flexibility index (Phi) is 6.04. The summed E-state index contributed by atoms with van der Waals surface area (Å²) in [6.45, 7) is 2.86. The van der Waals surface area contributed by atoms with Gasteiger partial charge in [0, 0.05) is 5.75 Å². The van der Waals surface area contributed by atoms with Crippen LogP contribution in [0.5, 0.6) is 0 Å². The summed E-state index contributed by atoms with van der Waals surface area (Å²) in [5.41, 5.74) is 0.385. The number of thioether (sulfide) groups is 1. The monoisotopic (exact) mass is 297 g/mol. The second-order valence-corrected chi connectivity index (χ2v) is 5.82. The number of hydrogen-bond acceptors (Lipinski definition) is 4. The summed E-state index contributed by atoms with van der Waals surface area (Å²) in [5.74, 6) is -0.708. The molecular formula is C14H19NO4S. The quantitative estimate of drug-likeness (QED) is 0.703. The zero-order valence-electron chi connectivity index (χ0n) is 11.5. The highest BCUT2D eigenvalue weighted by Crippen LogP contribution is 2.12. The number of rotatable bonds is 7. The van der Waals surface area contributed by atoms with Crippen LogP contribution in [0.4, 0.5) is 0 Å². The van der Waals surface area contributed by atoms with E-state index in [0.717, 1.165) is 12.5 Å². The third kappa shape index (κ3) is 5.63. The summed E-state index contributed by atoms with van der Waals surface area (Å²) >= 11 is 1.44. The topological polar surface area (TPSA) is 86.6 Å². The fourth-order valence-electron chi connectivity index (χ4n) is 1.34. The van der Waals surface area contributed by atoms with Gasteiger partial charge in [0.2, 0.25) is 5.91 Å². The normalized spacial score (nSPS) is 13.6. The van der Waals surface area contributed by atoms with Crippen molar-refractivity contribution >= 4 is 23.6 Å². The second kappa shape index (κ2) is 7.31. The summed E-state index contributed by atoms with van der Waals surface area (Å²) in [4.78, 5) is 22.2. The minimum absolute atomic E-state index is 0.226. The van der Waals surface area contributed by atoms with E-state index in [4.69, 9.17) is 5.11 Å². The zero-order valence-corrected chi connectivity index (χ0v) is 12.4. The Morgan fingerprint density at radius 1 is 1.30 bits per heavy atom. The first-order valence-corrected chi connectivity index (χ1v) is 7.32. The molecule has 0 spiro atoms. The van der Waals surface area contributed by atoms with Gasteiger partial charge in [-0.3, -0.25) is 4.79 Å². The number of benzene rings is 1. The van der Waals surface area contributed by atoms with Gasteiger partial charge in [0.15, 0.2) is 5.60 Å². The van der Waals surface area contributed by atoms with Crippen molar-refractivity contribution < 1.29 is 19.8 Å². The number of carboxylic acid groups (broad SMARTS) is 1. The second-order valence-electron chi connectivity index (χ2n) is 4.83. The van der Waals surface area contributed by atoms with Crippen LogP contribution in [0, 0.1) is 6.92 Å². The molecule has 110 valence electrons. The lowest BCUT2D eigenvalue weighted by molar-refractivity contribution is -0.156. The molecule has 3 N–H and O–H groups in total. The lowest BCUT2D eigenvalue weighted by Gasteiger charge is -2.18. The van der Waals surface area contributed by atoms with E-state index in [1.807, 2.05) is 31.2 Å². The first-order chi connectivity index (χ1) is 9.31. The van der Waals surface area contributed by atoms with E-state index in [1.165, 1.54) is 17.3 Å². The van der Waals surface area contributed by atoms with Crippen LogP contribution in [-0.2, 0) is 15.3 Å². The predicted octanol–water partition coefficient (Wildman–Crippen LogP) is 1.18. The third-order valence-electron chi connectivity index (χ3n) is 2.71. The van der Waals surface area contributed by atoms with Crippen LogP contribution in [0.2, 0.25) is 0 Å². The molecule has 6 heteroatoms. The van der Waals surface area contributed by atoms with Gasteiger partial charge in [-0.05, 0) is 19.4 Å². The maximum Gasteiger partial charge on any atom is 0.337 e. The largest absolute Gasteiger partial charge is 0.479 e. The Labute approximate surface area is 122 Å². The van der Waals surface area contributed by atoms with Crippen LogP contribution in [-0.4, -0.2) is 40.0 Å². The summed E-state index contributed by atoms with van der Waals surface area (Å²) in [7, 11) is 0. The SMILES string of the molecule is Cc1ccc(CSCC(=O)NCC(C)(O)C(=O)O)cc1. The van der Waals surface area contributed by atoms with E-state index < -0.39 is 11.6 Å². The average molecular weight is 297 g/mol. The molecule has 5 nitrogen and oxygen atoms in total. The maximum atomic E-state index is 11.5. The number of hydrogen-bond donors (Lipinski definition) is 3. The summed E-state index contributed by atoms with van der Waals surface area (Å²) < 4.78 is 0. The van der Waals surface area contributed by atoms with Gasteiger partial charge < -0.3 is 15.5 Å². The molecule has 1 aromatic carbocycles. The molecule has 0 fully saturated rings. The van der Waals surface area contributed by atoms with Gasteiger partial charge in [0.1, 0.15) is 0 Å². The standard InChI is InChI=1S/C14H19NO4S/c1-10-3-5-11(6-4-10)7-20-8-12(16)15-9-14(2,19)13(17)18/h3-6,19H,7-9H2,1-2H3,(H,15,16)(H,17,18). The van der Waals surface area contributed by atoms with E-state index in [1.54, 1.807) is 0 Å². The Hall–Kier alpha value is -1.53. The Bertz CT molecular complexity index is 471. The maximum absolute atomic E-state index is 11.5. The van der Waals surface area contributed by atoms with E-state index >= 15 is 0 Å². The molecule has 0 aliphatic rings. The van der Waals surface area contributed by atoms with Crippen molar-refractivity contribution in [3.63, 3.8) is 0 Å². The fraction of sp³-hybridized carbons (Fsp3) is 0.429. The molecule has 1 unspecified atom stereocenters. The van der Waals surface area contributed by atoms with Crippen LogP contribution in [0.25, 0.3) is 0 Å². The number of aliphatic carboxylic acids is 1. The predicted molar refractivity (Wildman–Crippen MR) is 78.6 cm³/mol. The minimum Gasteiger partial charge on any atom is -0.479 e. The van der Waals surface area contributed by atoms with Crippen molar-refractivity contribution in [1.82, 2.24) is 5.32 Å². The highest BCUT2D eigenvalue weighted by molar-refractivity contribution is 7.99. The number of aryl methyl sites for hydroxylation is 1. The summed E-state index contributed by atoms with van der Waals surface area (Å²) in [5, 5.41) is 20.6. The van der Waals surface area contributed by atoms with Gasteiger partial charge in [-0.2, -0.15) is 0 Å². The summed E-state index contributed by atoms with van der Waals surface area (Å²) in [6, 6.07) is 8.05. The molecule has 0 aliphatic carbocycles. The molecule has 0 radical (unpaired) electrons. The lowest BCUT2D eigenvalue weighted by Crippen LogP contribution is -2.46. The smallest absolute Gasteiger partial charge is 0.337 e. The highest BCUT2D eigenvalue weighted by atomic mass is 32.2. The number of nitrogens with one attached hydrogen (secondary N) is 1. The molecule has 0 bridgehead atoms. The van der Waals surface area contributed by atoms with Crippen molar-refractivity contribution in [3.05, 3.63) is 35.4 Å². The third-order valence-corrected chi connectivity index (χ3v) is 3.72. The van der Waals surface area contributed by atoms with Gasteiger partial charge in [-0.1, -0.05) is 29.8 Å². The molecule has 1 atom stereocenters. The average Bonchev–Trinajstić information content (AvgIpc) is 2.39. The van der Waals surface area contributed by atoms with Crippen molar-refractivity contribution in [1.29, 1.82) is 0 Å². The molecule has 1 aromatic rings. The zero-order chi connectivity index (χ0) is 15.2. The Morgan fingerprint density at radius 3 is 2.45 bits per heavy atom. The van der Waals surface area contributed by atoms with Gasteiger partial charge >= 0.3 is 5.97 Å².